The van der Waals surface area contributed by atoms with Crippen LogP contribution in [0.1, 0.15) is 5.56 Å². The molecule has 0 radical (unpaired) electrons. The number of halogens is 1. The lowest BCUT2D eigenvalue weighted by molar-refractivity contribution is -0.384. The number of hydrogen-bond donors (Lipinski definition) is 2. The molecule has 0 amide bonds. The Bertz CT molecular complexity index is 644. The van der Waals surface area contributed by atoms with Crippen LogP contribution in [0, 0.1) is 17.0 Å². The van der Waals surface area contributed by atoms with E-state index in [4.69, 9.17) is 5.73 Å². The van der Waals surface area contributed by atoms with Gasteiger partial charge in [0.25, 0.3) is 5.69 Å². The summed E-state index contributed by atoms with van der Waals surface area (Å²) < 4.78 is 0.917. The van der Waals surface area contributed by atoms with E-state index >= 15 is 0 Å². The number of nitrogens with one attached hydrogen (secondary N) is 1. The lowest BCUT2D eigenvalue weighted by atomic mass is 10.2. The molecule has 2 aromatic rings. The van der Waals surface area contributed by atoms with E-state index < -0.39 is 4.92 Å². The molecule has 0 atom stereocenters. The lowest BCUT2D eigenvalue weighted by Gasteiger charge is -2.10. The Morgan fingerprint density at radius 1 is 1.32 bits per heavy atom. The second-order valence-corrected chi connectivity index (χ2v) is 4.92. The average molecular weight is 322 g/mol. The summed E-state index contributed by atoms with van der Waals surface area (Å²) in [6, 6.07) is 10.2. The standard InChI is InChI=1S/C13H12BrN3O2/c1-8-3-2-4-12(13(8)14)16-10-5-9(15)6-11(7-10)17(18)19/h2-7,16H,15H2,1H3. The summed E-state index contributed by atoms with van der Waals surface area (Å²) >= 11 is 3.48. The number of hydrogen-bond acceptors (Lipinski definition) is 4. The fraction of sp³-hybridized carbons (Fsp3) is 0.0769. The van der Waals surface area contributed by atoms with Gasteiger partial charge in [0.1, 0.15) is 0 Å². The monoisotopic (exact) mass is 321 g/mol. The molecule has 0 aliphatic heterocycles. The molecule has 0 heterocycles. The molecule has 6 heteroatoms. The van der Waals surface area contributed by atoms with Gasteiger partial charge in [-0.2, -0.15) is 0 Å². The van der Waals surface area contributed by atoms with Crippen LogP contribution in [0.3, 0.4) is 0 Å². The first-order valence-corrected chi connectivity index (χ1v) is 6.34. The van der Waals surface area contributed by atoms with Gasteiger partial charge in [-0.25, -0.2) is 0 Å². The maximum Gasteiger partial charge on any atom is 0.273 e. The zero-order valence-corrected chi connectivity index (χ0v) is 11.8. The molecule has 0 bridgehead atoms. The number of anilines is 3. The number of benzene rings is 2. The van der Waals surface area contributed by atoms with Crippen LogP contribution in [0.15, 0.2) is 40.9 Å². The van der Waals surface area contributed by atoms with Crippen LogP contribution in [-0.4, -0.2) is 4.92 Å². The zero-order valence-electron chi connectivity index (χ0n) is 10.2. The van der Waals surface area contributed by atoms with E-state index in [0.29, 0.717) is 11.4 Å². The summed E-state index contributed by atoms with van der Waals surface area (Å²) in [5.41, 5.74) is 8.46. The molecular weight excluding hydrogens is 310 g/mol. The minimum absolute atomic E-state index is 0.0359. The first-order chi connectivity index (χ1) is 8.97. The second-order valence-electron chi connectivity index (χ2n) is 4.13. The molecule has 0 unspecified atom stereocenters. The van der Waals surface area contributed by atoms with E-state index in [0.717, 1.165) is 15.7 Å². The van der Waals surface area contributed by atoms with Gasteiger partial charge in [-0.1, -0.05) is 12.1 Å². The third kappa shape index (κ3) is 3.03. The van der Waals surface area contributed by atoms with E-state index in [1.807, 2.05) is 25.1 Å². The van der Waals surface area contributed by atoms with Gasteiger partial charge in [0.2, 0.25) is 0 Å². The van der Waals surface area contributed by atoms with Gasteiger partial charge in [0, 0.05) is 28.0 Å². The minimum Gasteiger partial charge on any atom is -0.398 e. The summed E-state index contributed by atoms with van der Waals surface area (Å²) in [4.78, 5) is 10.3. The fourth-order valence-electron chi connectivity index (χ4n) is 1.71. The second kappa shape index (κ2) is 5.27. The highest BCUT2D eigenvalue weighted by atomic mass is 79.9. The van der Waals surface area contributed by atoms with Gasteiger partial charge in [-0.3, -0.25) is 10.1 Å². The minimum atomic E-state index is -0.465. The van der Waals surface area contributed by atoms with Crippen molar-refractivity contribution < 1.29 is 4.92 Å². The van der Waals surface area contributed by atoms with Gasteiger partial charge >= 0.3 is 0 Å². The molecule has 0 aromatic heterocycles. The van der Waals surface area contributed by atoms with Gasteiger partial charge in [0.05, 0.1) is 10.6 Å². The highest BCUT2D eigenvalue weighted by Crippen LogP contribution is 2.31. The molecule has 0 spiro atoms. The number of nitrogen functional groups attached to an aromatic ring is 1. The Kier molecular flexibility index (Phi) is 3.71. The molecule has 0 saturated heterocycles. The highest BCUT2D eigenvalue weighted by molar-refractivity contribution is 9.10. The van der Waals surface area contributed by atoms with Crippen LogP contribution in [0.4, 0.5) is 22.7 Å². The van der Waals surface area contributed by atoms with Crippen LogP contribution in [0.5, 0.6) is 0 Å². The van der Waals surface area contributed by atoms with Crippen molar-refractivity contribution in [1.29, 1.82) is 0 Å². The molecule has 19 heavy (non-hydrogen) atoms. The van der Waals surface area contributed by atoms with E-state index in [9.17, 15) is 10.1 Å². The predicted molar refractivity (Wildman–Crippen MR) is 79.7 cm³/mol. The highest BCUT2D eigenvalue weighted by Gasteiger charge is 2.10. The van der Waals surface area contributed by atoms with E-state index in [1.54, 1.807) is 6.07 Å². The molecule has 0 fully saturated rings. The van der Waals surface area contributed by atoms with E-state index in [1.165, 1.54) is 12.1 Å². The molecular formula is C13H12BrN3O2. The molecule has 0 saturated carbocycles. The fourth-order valence-corrected chi connectivity index (χ4v) is 2.08. The first-order valence-electron chi connectivity index (χ1n) is 5.54. The molecule has 2 rings (SSSR count). The Balaban J connectivity index is 2.38. The molecule has 98 valence electrons. The molecule has 2 aromatic carbocycles. The van der Waals surface area contributed by atoms with Gasteiger partial charge < -0.3 is 11.1 Å². The number of nitro benzene ring substituents is 1. The number of aryl methyl sites for hydroxylation is 1. The van der Waals surface area contributed by atoms with Crippen LogP contribution < -0.4 is 11.1 Å². The first kappa shape index (κ1) is 13.4. The summed E-state index contributed by atoms with van der Waals surface area (Å²) in [7, 11) is 0. The van der Waals surface area contributed by atoms with Gasteiger partial charge in [-0.15, -0.1) is 0 Å². The van der Waals surface area contributed by atoms with Gasteiger partial charge in [-0.05, 0) is 40.5 Å². The largest absolute Gasteiger partial charge is 0.398 e. The van der Waals surface area contributed by atoms with Crippen molar-refractivity contribution >= 4 is 38.7 Å². The third-order valence-electron chi connectivity index (χ3n) is 2.62. The SMILES string of the molecule is Cc1cccc(Nc2cc(N)cc([N+](=O)[O-])c2)c1Br. The summed E-state index contributed by atoms with van der Waals surface area (Å²) in [6.45, 7) is 1.97. The molecule has 0 aliphatic rings. The van der Waals surface area contributed by atoms with Crippen molar-refractivity contribution in [3.05, 3.63) is 56.5 Å². The number of non-ortho nitro benzene ring substituents is 1. The van der Waals surface area contributed by atoms with Crippen molar-refractivity contribution in [2.75, 3.05) is 11.1 Å². The Labute approximate surface area is 118 Å². The normalized spacial score (nSPS) is 10.2. The van der Waals surface area contributed by atoms with Crippen molar-refractivity contribution in [2.24, 2.45) is 0 Å². The predicted octanol–water partition coefficient (Wildman–Crippen LogP) is 3.99. The number of nitro groups is 1. The zero-order chi connectivity index (χ0) is 14.0. The molecule has 3 N–H and O–H groups in total. The Hall–Kier alpha value is -2.08. The van der Waals surface area contributed by atoms with E-state index in [2.05, 4.69) is 21.2 Å². The molecule has 5 nitrogen and oxygen atoms in total. The number of nitrogens with zero attached hydrogens (tertiary/aromatic N) is 1. The quantitative estimate of drug-likeness (QED) is 0.508. The maximum atomic E-state index is 10.8. The van der Waals surface area contributed by atoms with Crippen molar-refractivity contribution in [2.45, 2.75) is 6.92 Å². The van der Waals surface area contributed by atoms with Crippen molar-refractivity contribution in [3.8, 4) is 0 Å². The summed E-state index contributed by atoms with van der Waals surface area (Å²) in [6.07, 6.45) is 0. The third-order valence-corrected chi connectivity index (χ3v) is 3.67. The topological polar surface area (TPSA) is 81.2 Å². The average Bonchev–Trinajstić information content (AvgIpc) is 2.34. The van der Waals surface area contributed by atoms with Crippen LogP contribution in [0.2, 0.25) is 0 Å². The summed E-state index contributed by atoms with van der Waals surface area (Å²) in [5, 5.41) is 13.9. The van der Waals surface area contributed by atoms with Crippen LogP contribution >= 0.6 is 15.9 Å². The lowest BCUT2D eigenvalue weighted by Crippen LogP contribution is -1.97. The molecule has 0 aliphatic carbocycles. The summed E-state index contributed by atoms with van der Waals surface area (Å²) in [5.74, 6) is 0. The Morgan fingerprint density at radius 3 is 2.74 bits per heavy atom. The van der Waals surface area contributed by atoms with Crippen molar-refractivity contribution in [3.63, 3.8) is 0 Å². The van der Waals surface area contributed by atoms with E-state index in [-0.39, 0.29) is 5.69 Å². The Morgan fingerprint density at radius 2 is 2.05 bits per heavy atom. The number of nitrogens with two attached hydrogens (primary N) is 1. The van der Waals surface area contributed by atoms with Crippen LogP contribution in [0.25, 0.3) is 0 Å². The van der Waals surface area contributed by atoms with Crippen LogP contribution in [-0.2, 0) is 0 Å². The van der Waals surface area contributed by atoms with Gasteiger partial charge in [0.15, 0.2) is 0 Å². The van der Waals surface area contributed by atoms with Crippen molar-refractivity contribution in [1.82, 2.24) is 0 Å². The smallest absolute Gasteiger partial charge is 0.273 e. The maximum absolute atomic E-state index is 10.8. The number of rotatable bonds is 3.